The SMILES string of the molecule is Cl.Cl.c1cnc2c(C3CCNC3)[nH]nc2n1. The van der Waals surface area contributed by atoms with E-state index < -0.39 is 0 Å². The zero-order valence-electron chi connectivity index (χ0n) is 8.51. The smallest absolute Gasteiger partial charge is 0.199 e. The Morgan fingerprint density at radius 1 is 1.19 bits per heavy atom. The fourth-order valence-corrected chi connectivity index (χ4v) is 1.95. The van der Waals surface area contributed by atoms with Gasteiger partial charge in [0.05, 0.1) is 5.69 Å². The first-order valence-electron chi connectivity index (χ1n) is 4.81. The molecule has 7 heteroatoms. The van der Waals surface area contributed by atoms with Gasteiger partial charge in [-0.25, -0.2) is 9.97 Å². The molecule has 1 unspecified atom stereocenters. The van der Waals surface area contributed by atoms with Gasteiger partial charge in [0.2, 0.25) is 0 Å². The molecule has 2 N–H and O–H groups in total. The Hall–Kier alpha value is -0.910. The van der Waals surface area contributed by atoms with Crippen LogP contribution in [0, 0.1) is 0 Å². The van der Waals surface area contributed by atoms with Gasteiger partial charge in [-0.1, -0.05) is 0 Å². The van der Waals surface area contributed by atoms with Crippen molar-refractivity contribution in [2.75, 3.05) is 13.1 Å². The van der Waals surface area contributed by atoms with Crippen LogP contribution in [0.3, 0.4) is 0 Å². The number of H-pyrrole nitrogens is 1. The molecular weight excluding hydrogens is 249 g/mol. The molecule has 2 aromatic rings. The first-order valence-corrected chi connectivity index (χ1v) is 4.81. The highest BCUT2D eigenvalue weighted by molar-refractivity contribution is 5.85. The number of rotatable bonds is 1. The van der Waals surface area contributed by atoms with E-state index in [0.29, 0.717) is 5.92 Å². The number of aromatic nitrogens is 4. The van der Waals surface area contributed by atoms with Gasteiger partial charge in [-0.3, -0.25) is 5.10 Å². The van der Waals surface area contributed by atoms with Crippen molar-refractivity contribution < 1.29 is 0 Å². The summed E-state index contributed by atoms with van der Waals surface area (Å²) in [5, 5.41) is 10.5. The quantitative estimate of drug-likeness (QED) is 0.812. The second-order valence-corrected chi connectivity index (χ2v) is 3.56. The highest BCUT2D eigenvalue weighted by Crippen LogP contribution is 2.24. The summed E-state index contributed by atoms with van der Waals surface area (Å²) >= 11 is 0. The van der Waals surface area contributed by atoms with Crippen molar-refractivity contribution in [3.05, 3.63) is 18.1 Å². The molecule has 0 saturated carbocycles. The third-order valence-corrected chi connectivity index (χ3v) is 2.68. The fourth-order valence-electron chi connectivity index (χ4n) is 1.95. The largest absolute Gasteiger partial charge is 0.316 e. The average Bonchev–Trinajstić information content (AvgIpc) is 2.85. The lowest BCUT2D eigenvalue weighted by Crippen LogP contribution is -2.08. The molecule has 1 saturated heterocycles. The van der Waals surface area contributed by atoms with E-state index >= 15 is 0 Å². The molecule has 3 heterocycles. The molecule has 1 aliphatic rings. The van der Waals surface area contributed by atoms with Crippen molar-refractivity contribution in [2.24, 2.45) is 0 Å². The van der Waals surface area contributed by atoms with Gasteiger partial charge in [0.25, 0.3) is 0 Å². The molecule has 0 aromatic carbocycles. The van der Waals surface area contributed by atoms with Crippen LogP contribution < -0.4 is 5.32 Å². The monoisotopic (exact) mass is 261 g/mol. The Balaban J connectivity index is 0.000000640. The second kappa shape index (κ2) is 5.43. The lowest BCUT2D eigenvalue weighted by Gasteiger charge is -2.03. The number of aromatic amines is 1. The van der Waals surface area contributed by atoms with Crippen LogP contribution in [0.25, 0.3) is 11.2 Å². The molecule has 1 atom stereocenters. The van der Waals surface area contributed by atoms with Crippen LogP contribution in [-0.2, 0) is 0 Å². The maximum absolute atomic E-state index is 4.30. The van der Waals surface area contributed by atoms with Crippen LogP contribution in [0.4, 0.5) is 0 Å². The number of nitrogens with zero attached hydrogens (tertiary/aromatic N) is 3. The molecule has 0 spiro atoms. The molecule has 0 aliphatic carbocycles. The van der Waals surface area contributed by atoms with Crippen molar-refractivity contribution in [2.45, 2.75) is 12.3 Å². The van der Waals surface area contributed by atoms with Crippen LogP contribution in [0.15, 0.2) is 12.4 Å². The molecule has 2 aromatic heterocycles. The second-order valence-electron chi connectivity index (χ2n) is 3.56. The van der Waals surface area contributed by atoms with E-state index in [1.165, 1.54) is 0 Å². The van der Waals surface area contributed by atoms with Crippen LogP contribution in [0.1, 0.15) is 18.0 Å². The Labute approximate surface area is 105 Å². The summed E-state index contributed by atoms with van der Waals surface area (Å²) < 4.78 is 0. The highest BCUT2D eigenvalue weighted by Gasteiger charge is 2.21. The summed E-state index contributed by atoms with van der Waals surface area (Å²) in [4.78, 5) is 8.45. The average molecular weight is 262 g/mol. The Kier molecular flexibility index (Phi) is 4.46. The number of nitrogens with one attached hydrogen (secondary N) is 2. The van der Waals surface area contributed by atoms with E-state index in [0.717, 1.165) is 36.4 Å². The predicted octanol–water partition coefficient (Wildman–Crippen LogP) is 1.27. The summed E-state index contributed by atoms with van der Waals surface area (Å²) in [6.45, 7) is 2.08. The number of fused-ring (bicyclic) bond motifs is 1. The van der Waals surface area contributed by atoms with Gasteiger partial charge < -0.3 is 5.32 Å². The highest BCUT2D eigenvalue weighted by atomic mass is 35.5. The Morgan fingerprint density at radius 3 is 2.75 bits per heavy atom. The van der Waals surface area contributed by atoms with Crippen LogP contribution in [-0.4, -0.2) is 33.3 Å². The first-order chi connectivity index (χ1) is 6.95. The van der Waals surface area contributed by atoms with Gasteiger partial charge in [0.15, 0.2) is 5.65 Å². The zero-order valence-corrected chi connectivity index (χ0v) is 10.1. The zero-order chi connectivity index (χ0) is 9.38. The normalized spacial score (nSPS) is 19.1. The summed E-state index contributed by atoms with van der Waals surface area (Å²) in [5.41, 5.74) is 2.76. The van der Waals surface area contributed by atoms with Crippen molar-refractivity contribution in [3.63, 3.8) is 0 Å². The topological polar surface area (TPSA) is 66.5 Å². The molecule has 5 nitrogen and oxygen atoms in total. The molecule has 16 heavy (non-hydrogen) atoms. The van der Waals surface area contributed by atoms with E-state index in [-0.39, 0.29) is 24.8 Å². The molecule has 0 bridgehead atoms. The Bertz CT molecular complexity index is 452. The van der Waals surface area contributed by atoms with E-state index in [1.807, 2.05) is 0 Å². The molecule has 88 valence electrons. The first kappa shape index (κ1) is 13.2. The lowest BCUT2D eigenvalue weighted by atomic mass is 10.0. The summed E-state index contributed by atoms with van der Waals surface area (Å²) in [5.74, 6) is 0.511. The van der Waals surface area contributed by atoms with Crippen LogP contribution in [0.5, 0.6) is 0 Å². The number of hydrogen-bond donors (Lipinski definition) is 2. The van der Waals surface area contributed by atoms with Crippen LogP contribution in [0.2, 0.25) is 0 Å². The van der Waals surface area contributed by atoms with Crippen LogP contribution >= 0.6 is 24.8 Å². The summed E-state index contributed by atoms with van der Waals surface area (Å²) in [6.07, 6.45) is 4.53. The Morgan fingerprint density at radius 2 is 2.00 bits per heavy atom. The van der Waals surface area contributed by atoms with E-state index in [4.69, 9.17) is 0 Å². The summed E-state index contributed by atoms with van der Waals surface area (Å²) in [6, 6.07) is 0. The molecule has 1 fully saturated rings. The van der Waals surface area contributed by atoms with Gasteiger partial charge in [0.1, 0.15) is 5.52 Å². The standard InChI is InChI=1S/C9H11N5.2ClH/c1-2-10-5-6(1)7-8-9(14-13-7)12-4-3-11-8;;/h3-4,6,10H,1-2,5H2,(H,12,13,14);2*1H. The third kappa shape index (κ3) is 2.11. The number of halogens is 2. The maximum Gasteiger partial charge on any atom is 0.199 e. The van der Waals surface area contributed by atoms with Gasteiger partial charge in [-0.05, 0) is 13.0 Å². The molecule has 0 amide bonds. The fraction of sp³-hybridized carbons (Fsp3) is 0.444. The molecule has 3 rings (SSSR count). The van der Waals surface area contributed by atoms with Gasteiger partial charge in [0, 0.05) is 24.9 Å². The molecule has 0 radical (unpaired) electrons. The minimum absolute atomic E-state index is 0. The minimum atomic E-state index is 0. The van der Waals surface area contributed by atoms with Crippen molar-refractivity contribution >= 4 is 36.0 Å². The van der Waals surface area contributed by atoms with Crippen molar-refractivity contribution in [1.82, 2.24) is 25.5 Å². The van der Waals surface area contributed by atoms with Gasteiger partial charge >= 0.3 is 0 Å². The molecule has 1 aliphatic heterocycles. The van der Waals surface area contributed by atoms with Gasteiger partial charge in [-0.15, -0.1) is 24.8 Å². The van der Waals surface area contributed by atoms with E-state index in [1.54, 1.807) is 12.4 Å². The summed E-state index contributed by atoms with van der Waals surface area (Å²) in [7, 11) is 0. The minimum Gasteiger partial charge on any atom is -0.316 e. The predicted molar refractivity (Wildman–Crippen MR) is 66.4 cm³/mol. The van der Waals surface area contributed by atoms with Crippen molar-refractivity contribution in [1.29, 1.82) is 0 Å². The molecular formula is C9H13Cl2N5. The lowest BCUT2D eigenvalue weighted by molar-refractivity contribution is 0.733. The number of hydrogen-bond acceptors (Lipinski definition) is 4. The van der Waals surface area contributed by atoms with Gasteiger partial charge in [-0.2, -0.15) is 5.10 Å². The third-order valence-electron chi connectivity index (χ3n) is 2.68. The maximum atomic E-state index is 4.30. The van der Waals surface area contributed by atoms with E-state index in [2.05, 4.69) is 25.5 Å². The van der Waals surface area contributed by atoms with Crippen molar-refractivity contribution in [3.8, 4) is 0 Å². The van der Waals surface area contributed by atoms with E-state index in [9.17, 15) is 0 Å².